The maximum Gasteiger partial charge on any atom is 0.0900 e. The van der Waals surface area contributed by atoms with Gasteiger partial charge in [-0.05, 0) is 83.2 Å². The van der Waals surface area contributed by atoms with Gasteiger partial charge in [-0.3, -0.25) is 24.9 Å². The maximum atomic E-state index is 4.48. The van der Waals surface area contributed by atoms with E-state index in [1.807, 2.05) is 31.0 Å². The fourth-order valence-corrected chi connectivity index (χ4v) is 6.71. The molecular weight excluding hydrogens is 709 g/mol. The summed E-state index contributed by atoms with van der Waals surface area (Å²) in [4.78, 5) is 22.2. The molecule has 0 saturated carbocycles. The Kier molecular flexibility index (Phi) is 13.6. The Balaban J connectivity index is 0.000000148. The smallest absolute Gasteiger partial charge is 0.0900 e. The van der Waals surface area contributed by atoms with Gasteiger partial charge in [0, 0.05) is 51.9 Å². The minimum absolute atomic E-state index is 0.410. The van der Waals surface area contributed by atoms with Gasteiger partial charge in [0.05, 0.1) is 46.2 Å². The van der Waals surface area contributed by atoms with Crippen LogP contribution in [0.1, 0.15) is 127 Å². The SMILES string of the molecule is CC(C)c1ccc(-c2cnc(C(C)C)cn2)cc1.CC(C)c1ccc(-c2cnc(C(C)C)cn2)cn1.CC(C)c1ccc2c(c1)c1ccccc1n2-c1ccccc1. The lowest BCUT2D eigenvalue weighted by Crippen LogP contribution is -1.96. The molecule has 0 radical (unpaired) electrons. The van der Waals surface area contributed by atoms with Crippen LogP contribution >= 0.6 is 0 Å². The number of benzene rings is 4. The average Bonchev–Trinajstić information content (AvgIpc) is 3.58. The van der Waals surface area contributed by atoms with Crippen LogP contribution in [0, 0.1) is 0 Å². The molecule has 58 heavy (non-hydrogen) atoms. The highest BCUT2D eigenvalue weighted by molar-refractivity contribution is 6.09. The molecule has 0 saturated heterocycles. The van der Waals surface area contributed by atoms with Gasteiger partial charge in [-0.15, -0.1) is 0 Å². The molecule has 296 valence electrons. The summed E-state index contributed by atoms with van der Waals surface area (Å²) in [6, 6.07) is 38.8. The first-order valence-electron chi connectivity index (χ1n) is 20.7. The first kappa shape index (κ1) is 41.6. The average molecular weight is 767 g/mol. The van der Waals surface area contributed by atoms with Crippen molar-refractivity contribution in [3.05, 3.63) is 168 Å². The zero-order valence-electron chi connectivity index (χ0n) is 35.8. The third-order valence-electron chi connectivity index (χ3n) is 10.5. The topological polar surface area (TPSA) is 69.4 Å². The predicted molar refractivity (Wildman–Crippen MR) is 244 cm³/mol. The first-order valence-corrected chi connectivity index (χ1v) is 20.7. The highest BCUT2D eigenvalue weighted by Gasteiger charge is 2.13. The second-order valence-corrected chi connectivity index (χ2v) is 16.5. The number of rotatable bonds is 8. The molecule has 0 bridgehead atoms. The summed E-state index contributed by atoms with van der Waals surface area (Å²) in [5.41, 5.74) is 13.6. The Morgan fingerprint density at radius 3 is 1.38 bits per heavy atom. The van der Waals surface area contributed by atoms with E-state index in [-0.39, 0.29) is 0 Å². The molecule has 4 heterocycles. The van der Waals surface area contributed by atoms with Gasteiger partial charge < -0.3 is 4.57 Å². The second-order valence-electron chi connectivity index (χ2n) is 16.5. The van der Waals surface area contributed by atoms with Crippen molar-refractivity contribution in [3.8, 4) is 28.2 Å². The summed E-state index contributed by atoms with van der Waals surface area (Å²) in [7, 11) is 0. The van der Waals surface area contributed by atoms with E-state index in [1.165, 1.54) is 38.6 Å². The van der Waals surface area contributed by atoms with Crippen LogP contribution in [0.5, 0.6) is 0 Å². The quantitative estimate of drug-likeness (QED) is 0.154. The molecule has 0 spiro atoms. The van der Waals surface area contributed by atoms with Gasteiger partial charge in [-0.2, -0.15) is 0 Å². The number of para-hydroxylation sites is 2. The van der Waals surface area contributed by atoms with Crippen molar-refractivity contribution in [1.29, 1.82) is 0 Å². The van der Waals surface area contributed by atoms with Crippen LogP contribution < -0.4 is 0 Å². The van der Waals surface area contributed by atoms with E-state index < -0.39 is 0 Å². The third kappa shape index (κ3) is 9.92. The number of aromatic nitrogens is 6. The lowest BCUT2D eigenvalue weighted by molar-refractivity contribution is 0.812. The normalized spacial score (nSPS) is 11.4. The third-order valence-corrected chi connectivity index (χ3v) is 10.5. The van der Waals surface area contributed by atoms with Crippen LogP contribution in [-0.2, 0) is 0 Å². The minimum atomic E-state index is 0.410. The molecule has 4 aromatic carbocycles. The molecule has 8 rings (SSSR count). The molecule has 0 N–H and O–H groups in total. The summed E-state index contributed by atoms with van der Waals surface area (Å²) >= 11 is 0. The van der Waals surface area contributed by atoms with Crippen molar-refractivity contribution in [1.82, 2.24) is 29.5 Å². The maximum absolute atomic E-state index is 4.48. The fourth-order valence-electron chi connectivity index (χ4n) is 6.71. The van der Waals surface area contributed by atoms with Crippen molar-refractivity contribution in [2.45, 2.75) is 98.8 Å². The van der Waals surface area contributed by atoms with Gasteiger partial charge in [0.15, 0.2) is 0 Å². The predicted octanol–water partition coefficient (Wildman–Crippen LogP) is 14.1. The number of pyridine rings is 1. The molecular formula is C52H58N6. The summed E-state index contributed by atoms with van der Waals surface area (Å²) in [5.74, 6) is 2.40. The molecule has 8 aromatic rings. The van der Waals surface area contributed by atoms with Crippen LogP contribution in [0.4, 0.5) is 0 Å². The number of hydrogen-bond acceptors (Lipinski definition) is 5. The van der Waals surface area contributed by atoms with Crippen LogP contribution in [0.2, 0.25) is 0 Å². The fraction of sp³-hybridized carbons (Fsp3) is 0.288. The molecule has 6 heteroatoms. The number of nitrogens with zero attached hydrogens (tertiary/aromatic N) is 6. The summed E-state index contributed by atoms with van der Waals surface area (Å²) in [5, 5.41) is 2.66. The highest BCUT2D eigenvalue weighted by atomic mass is 15.0. The Bertz CT molecular complexity index is 2300. The lowest BCUT2D eigenvalue weighted by atomic mass is 10.0. The minimum Gasteiger partial charge on any atom is -0.309 e. The van der Waals surface area contributed by atoms with Gasteiger partial charge in [0.25, 0.3) is 0 Å². The zero-order valence-corrected chi connectivity index (χ0v) is 35.8. The molecule has 6 nitrogen and oxygen atoms in total. The van der Waals surface area contributed by atoms with E-state index in [9.17, 15) is 0 Å². The van der Waals surface area contributed by atoms with E-state index in [4.69, 9.17) is 0 Å². The van der Waals surface area contributed by atoms with E-state index in [0.29, 0.717) is 29.6 Å². The summed E-state index contributed by atoms with van der Waals surface area (Å²) in [6.07, 6.45) is 9.27. The van der Waals surface area contributed by atoms with Crippen molar-refractivity contribution in [2.24, 2.45) is 0 Å². The van der Waals surface area contributed by atoms with Crippen LogP contribution in [-0.4, -0.2) is 29.5 Å². The Morgan fingerprint density at radius 2 is 0.862 bits per heavy atom. The molecule has 0 aliphatic heterocycles. The van der Waals surface area contributed by atoms with Crippen molar-refractivity contribution in [2.75, 3.05) is 0 Å². The summed E-state index contributed by atoms with van der Waals surface area (Å²) in [6.45, 7) is 21.7. The highest BCUT2D eigenvalue weighted by Crippen LogP contribution is 2.34. The van der Waals surface area contributed by atoms with Gasteiger partial charge in [0.1, 0.15) is 0 Å². The molecule has 0 aliphatic carbocycles. The van der Waals surface area contributed by atoms with E-state index in [2.05, 4.69) is 208 Å². The Labute approximate surface area is 345 Å². The summed E-state index contributed by atoms with van der Waals surface area (Å²) < 4.78 is 2.36. The van der Waals surface area contributed by atoms with Crippen molar-refractivity contribution < 1.29 is 0 Å². The lowest BCUT2D eigenvalue weighted by Gasteiger charge is -2.08. The van der Waals surface area contributed by atoms with Gasteiger partial charge >= 0.3 is 0 Å². The Hall–Kier alpha value is -6.01. The molecule has 0 fully saturated rings. The van der Waals surface area contributed by atoms with Gasteiger partial charge in [0.2, 0.25) is 0 Å². The molecule has 0 unspecified atom stereocenters. The van der Waals surface area contributed by atoms with E-state index in [1.54, 1.807) is 0 Å². The van der Waals surface area contributed by atoms with Crippen LogP contribution in [0.15, 0.2) is 140 Å². The van der Waals surface area contributed by atoms with Crippen molar-refractivity contribution >= 4 is 21.8 Å². The van der Waals surface area contributed by atoms with E-state index >= 15 is 0 Å². The van der Waals surface area contributed by atoms with Crippen LogP contribution in [0.3, 0.4) is 0 Å². The monoisotopic (exact) mass is 766 g/mol. The number of fused-ring (bicyclic) bond motifs is 3. The molecule has 0 atom stereocenters. The van der Waals surface area contributed by atoms with E-state index in [0.717, 1.165) is 39.6 Å². The second kappa shape index (κ2) is 19.0. The standard InChI is InChI=1S/C21H19N.C16H20N2.C15H19N3/c1-15(2)16-12-13-21-19(14-16)18-10-6-7-11-20(18)22(21)17-8-4-3-5-9-17;1-11(2)13-5-7-14(8-6-13)16-10-17-15(9-18-16)12(3)4;1-10(2)13-6-5-12(7-16-13)15-9-17-14(8-18-15)11(3)4/h3-15H,1-2H3;5-12H,1-4H3;5-11H,1-4H3. The van der Waals surface area contributed by atoms with Crippen molar-refractivity contribution in [3.63, 3.8) is 0 Å². The number of hydrogen-bond donors (Lipinski definition) is 0. The van der Waals surface area contributed by atoms with Crippen LogP contribution in [0.25, 0.3) is 50.0 Å². The van der Waals surface area contributed by atoms with Gasteiger partial charge in [-0.1, -0.05) is 136 Å². The van der Waals surface area contributed by atoms with Gasteiger partial charge in [-0.25, -0.2) is 0 Å². The zero-order chi connectivity index (χ0) is 41.3. The molecule has 0 aliphatic rings. The molecule has 0 amide bonds. The first-order chi connectivity index (χ1) is 27.9. The largest absolute Gasteiger partial charge is 0.309 e. The molecule has 4 aromatic heterocycles. The Morgan fingerprint density at radius 1 is 0.362 bits per heavy atom.